The van der Waals surface area contributed by atoms with Crippen LogP contribution in [0, 0.1) is 6.92 Å². The largest absolute Gasteiger partial charge is 0.507 e. The molecule has 1 amide bonds. The van der Waals surface area contributed by atoms with E-state index in [9.17, 15) is 14.7 Å². The molecule has 1 saturated heterocycles. The number of amides is 1. The third kappa shape index (κ3) is 3.01. The minimum absolute atomic E-state index is 0.0271. The molecule has 2 heterocycles. The molecule has 0 aliphatic carbocycles. The van der Waals surface area contributed by atoms with E-state index in [-0.39, 0.29) is 11.3 Å². The van der Waals surface area contributed by atoms with Crippen molar-refractivity contribution in [3.05, 3.63) is 107 Å². The minimum atomic E-state index is -0.930. The number of carbonyl (C=O) groups excluding carboxylic acids is 2. The Kier molecular flexibility index (Phi) is 4.83. The molecule has 6 heteroatoms. The van der Waals surface area contributed by atoms with Gasteiger partial charge >= 0.3 is 0 Å². The molecule has 3 aromatic carbocycles. The number of anilines is 1. The fourth-order valence-corrected chi connectivity index (χ4v) is 4.40. The fourth-order valence-electron chi connectivity index (χ4n) is 4.23. The average Bonchev–Trinajstić information content (AvgIpc) is 3.42. The number of fused-ring (bicyclic) bond motifs is 1. The molecule has 4 aromatic rings. The Morgan fingerprint density at radius 3 is 2.50 bits per heavy atom. The van der Waals surface area contributed by atoms with Gasteiger partial charge in [-0.1, -0.05) is 60.1 Å². The van der Waals surface area contributed by atoms with Crippen LogP contribution in [0.3, 0.4) is 0 Å². The van der Waals surface area contributed by atoms with Crippen LogP contribution in [0.5, 0.6) is 0 Å². The molecule has 5 rings (SSSR count). The van der Waals surface area contributed by atoms with E-state index < -0.39 is 17.7 Å². The van der Waals surface area contributed by atoms with Gasteiger partial charge in [-0.15, -0.1) is 0 Å². The van der Waals surface area contributed by atoms with Gasteiger partial charge in [0, 0.05) is 16.3 Å². The highest BCUT2D eigenvalue weighted by Crippen LogP contribution is 2.44. The van der Waals surface area contributed by atoms with E-state index in [4.69, 9.17) is 16.0 Å². The van der Waals surface area contributed by atoms with Gasteiger partial charge < -0.3 is 9.52 Å². The Balaban J connectivity index is 1.79. The van der Waals surface area contributed by atoms with E-state index in [0.717, 1.165) is 10.8 Å². The zero-order chi connectivity index (χ0) is 22.4. The molecule has 1 aliphatic rings. The first-order chi connectivity index (χ1) is 15.5. The minimum Gasteiger partial charge on any atom is -0.507 e. The highest BCUT2D eigenvalue weighted by atomic mass is 35.5. The molecular weight excluding hydrogens is 426 g/mol. The van der Waals surface area contributed by atoms with Crippen LogP contribution >= 0.6 is 11.6 Å². The van der Waals surface area contributed by atoms with Gasteiger partial charge in [0.2, 0.25) is 0 Å². The molecule has 0 bridgehead atoms. The lowest BCUT2D eigenvalue weighted by atomic mass is 9.96. The quantitative estimate of drug-likeness (QED) is 0.239. The van der Waals surface area contributed by atoms with Crippen LogP contribution in [0.25, 0.3) is 16.5 Å². The molecule has 0 saturated carbocycles. The van der Waals surface area contributed by atoms with Gasteiger partial charge in [-0.2, -0.15) is 0 Å². The van der Waals surface area contributed by atoms with Crippen molar-refractivity contribution in [1.29, 1.82) is 0 Å². The van der Waals surface area contributed by atoms with Crippen LogP contribution in [0.4, 0.5) is 5.69 Å². The van der Waals surface area contributed by atoms with E-state index in [1.165, 1.54) is 11.2 Å². The van der Waals surface area contributed by atoms with Crippen molar-refractivity contribution in [2.24, 2.45) is 0 Å². The molecule has 1 aliphatic heterocycles. The molecular formula is C26H18ClNO4. The zero-order valence-electron chi connectivity index (χ0n) is 17.1. The zero-order valence-corrected chi connectivity index (χ0v) is 17.8. The van der Waals surface area contributed by atoms with E-state index in [1.54, 1.807) is 49.4 Å². The molecule has 1 unspecified atom stereocenters. The summed E-state index contributed by atoms with van der Waals surface area (Å²) in [6.45, 7) is 1.78. The summed E-state index contributed by atoms with van der Waals surface area (Å²) < 4.78 is 5.62. The van der Waals surface area contributed by atoms with Crippen molar-refractivity contribution < 1.29 is 19.1 Å². The van der Waals surface area contributed by atoms with Crippen LogP contribution in [-0.2, 0) is 9.59 Å². The van der Waals surface area contributed by atoms with Crippen molar-refractivity contribution in [1.82, 2.24) is 0 Å². The van der Waals surface area contributed by atoms with Crippen LogP contribution in [-0.4, -0.2) is 16.8 Å². The number of aliphatic hydroxyl groups is 1. The normalized spacial score (nSPS) is 17.9. The topological polar surface area (TPSA) is 70.8 Å². The van der Waals surface area contributed by atoms with Gasteiger partial charge in [-0.25, -0.2) is 0 Å². The molecule has 158 valence electrons. The van der Waals surface area contributed by atoms with Gasteiger partial charge in [0.15, 0.2) is 0 Å². The fraction of sp³-hybridized carbons (Fsp3) is 0.0769. The number of rotatable bonds is 3. The maximum absolute atomic E-state index is 13.3. The molecule has 1 fully saturated rings. The average molecular weight is 444 g/mol. The number of aliphatic hydroxyl groups excluding tert-OH is 1. The molecule has 0 radical (unpaired) electrons. The Hall–Kier alpha value is -3.83. The molecule has 1 N–H and O–H groups in total. The summed E-state index contributed by atoms with van der Waals surface area (Å²) in [4.78, 5) is 27.8. The van der Waals surface area contributed by atoms with Gasteiger partial charge in [0.25, 0.3) is 11.7 Å². The van der Waals surface area contributed by atoms with Gasteiger partial charge in [0.1, 0.15) is 17.6 Å². The maximum Gasteiger partial charge on any atom is 0.300 e. The second-order valence-corrected chi connectivity index (χ2v) is 8.00. The molecule has 5 nitrogen and oxygen atoms in total. The molecule has 32 heavy (non-hydrogen) atoms. The summed E-state index contributed by atoms with van der Waals surface area (Å²) in [5.74, 6) is -1.41. The smallest absolute Gasteiger partial charge is 0.300 e. The maximum atomic E-state index is 13.3. The Morgan fingerprint density at radius 2 is 1.72 bits per heavy atom. The first-order valence-electron chi connectivity index (χ1n) is 10.1. The number of carbonyl (C=O) groups is 2. The van der Waals surface area contributed by atoms with Crippen molar-refractivity contribution in [2.75, 3.05) is 4.90 Å². The van der Waals surface area contributed by atoms with Crippen molar-refractivity contribution >= 4 is 45.5 Å². The number of ketones is 1. The summed E-state index contributed by atoms with van der Waals surface area (Å²) in [5, 5.41) is 13.5. The number of furan rings is 1. The number of benzene rings is 3. The third-order valence-electron chi connectivity index (χ3n) is 5.80. The van der Waals surface area contributed by atoms with Crippen molar-refractivity contribution in [3.8, 4) is 0 Å². The van der Waals surface area contributed by atoms with Gasteiger partial charge in [-0.05, 0) is 47.5 Å². The van der Waals surface area contributed by atoms with E-state index in [1.807, 2.05) is 30.3 Å². The molecule has 1 aromatic heterocycles. The van der Waals surface area contributed by atoms with E-state index >= 15 is 0 Å². The third-order valence-corrected chi connectivity index (χ3v) is 6.21. The number of Topliss-reactive ketones (excluding diaryl/α,β-unsaturated/α-hetero) is 1. The predicted octanol–water partition coefficient (Wildman–Crippen LogP) is 6.02. The Labute approximate surface area is 189 Å². The second-order valence-electron chi connectivity index (χ2n) is 7.60. The van der Waals surface area contributed by atoms with Crippen LogP contribution in [0.1, 0.15) is 22.9 Å². The number of halogens is 1. The highest BCUT2D eigenvalue weighted by Gasteiger charge is 2.48. The SMILES string of the molecule is Cc1c(Cl)cccc1N1C(=O)C(=O)/C(=C(\O)c2cccc3ccccc23)C1c1ccco1. The highest BCUT2D eigenvalue weighted by molar-refractivity contribution is 6.52. The van der Waals surface area contributed by atoms with E-state index in [2.05, 4.69) is 0 Å². The Bertz CT molecular complexity index is 1400. The lowest BCUT2D eigenvalue weighted by Crippen LogP contribution is -2.30. The van der Waals surface area contributed by atoms with E-state index in [0.29, 0.717) is 27.6 Å². The standard InChI is InChI=1S/C26H18ClNO4/c1-15-19(27)11-5-12-20(15)28-23(21-13-6-14-32-21)22(25(30)26(28)31)24(29)18-10-4-8-16-7-2-3-9-17(16)18/h2-14,23,29H,1H3/b24-22-. The lowest BCUT2D eigenvalue weighted by Gasteiger charge is -2.25. The van der Waals surface area contributed by atoms with Crippen LogP contribution < -0.4 is 4.90 Å². The number of hydrogen-bond acceptors (Lipinski definition) is 4. The summed E-state index contributed by atoms with van der Waals surface area (Å²) >= 11 is 6.30. The van der Waals surface area contributed by atoms with Crippen LogP contribution in [0.15, 0.2) is 89.0 Å². The predicted molar refractivity (Wildman–Crippen MR) is 124 cm³/mol. The van der Waals surface area contributed by atoms with Crippen molar-refractivity contribution in [2.45, 2.75) is 13.0 Å². The first-order valence-corrected chi connectivity index (χ1v) is 10.4. The second kappa shape index (κ2) is 7.70. The summed E-state index contributed by atoms with van der Waals surface area (Å²) in [6.07, 6.45) is 1.47. The molecule has 1 atom stereocenters. The van der Waals surface area contributed by atoms with Crippen molar-refractivity contribution in [3.63, 3.8) is 0 Å². The summed E-state index contributed by atoms with van der Waals surface area (Å²) in [5.41, 5.74) is 1.58. The summed E-state index contributed by atoms with van der Waals surface area (Å²) in [7, 11) is 0. The number of nitrogens with zero attached hydrogens (tertiary/aromatic N) is 1. The first kappa shape index (κ1) is 20.1. The van der Waals surface area contributed by atoms with Gasteiger partial charge in [0.05, 0.1) is 11.8 Å². The Morgan fingerprint density at radius 1 is 0.969 bits per heavy atom. The number of hydrogen-bond donors (Lipinski definition) is 1. The van der Waals surface area contributed by atoms with Gasteiger partial charge in [-0.3, -0.25) is 14.5 Å². The lowest BCUT2D eigenvalue weighted by molar-refractivity contribution is -0.132. The summed E-state index contributed by atoms with van der Waals surface area (Å²) in [6, 6.07) is 20.6. The monoisotopic (exact) mass is 443 g/mol. The molecule has 0 spiro atoms. The van der Waals surface area contributed by atoms with Crippen LogP contribution in [0.2, 0.25) is 5.02 Å².